The first-order valence-electron chi connectivity index (χ1n) is 8.66. The van der Waals surface area contributed by atoms with Crippen LogP contribution in [0.5, 0.6) is 0 Å². The standard InChI is InChI=1S/C18H24N2O3S/c1-13-2-4-15(23-13)10-20-7-8-22-18-14(3-5-16(18)20)11-21-12-17-19-6-9-24-17/h2,4,6,9,14,16,18H,3,5,7-8,10-12H2,1H3/t14-,16-,18+/m0/s1. The Hall–Kier alpha value is -1.21. The smallest absolute Gasteiger partial charge is 0.118 e. The van der Waals surface area contributed by atoms with E-state index < -0.39 is 0 Å². The number of aromatic nitrogens is 1. The maximum absolute atomic E-state index is 6.11. The van der Waals surface area contributed by atoms with Crippen molar-refractivity contribution in [2.45, 2.75) is 45.1 Å². The van der Waals surface area contributed by atoms with Crippen molar-refractivity contribution in [3.05, 3.63) is 40.2 Å². The van der Waals surface area contributed by atoms with Crippen molar-refractivity contribution in [1.82, 2.24) is 9.88 Å². The van der Waals surface area contributed by atoms with Crippen LogP contribution in [-0.4, -0.2) is 41.8 Å². The van der Waals surface area contributed by atoms with Crippen LogP contribution >= 0.6 is 11.3 Å². The third-order valence-electron chi connectivity index (χ3n) is 5.03. The number of furan rings is 1. The molecule has 0 spiro atoms. The van der Waals surface area contributed by atoms with Crippen molar-refractivity contribution in [3.63, 3.8) is 0 Å². The van der Waals surface area contributed by atoms with Crippen molar-refractivity contribution in [2.24, 2.45) is 5.92 Å². The van der Waals surface area contributed by atoms with Crippen LogP contribution in [0.15, 0.2) is 28.1 Å². The molecule has 5 nitrogen and oxygen atoms in total. The van der Waals surface area contributed by atoms with E-state index in [-0.39, 0.29) is 6.10 Å². The molecule has 1 saturated heterocycles. The zero-order valence-electron chi connectivity index (χ0n) is 14.0. The van der Waals surface area contributed by atoms with E-state index in [4.69, 9.17) is 13.9 Å². The minimum absolute atomic E-state index is 0.283. The molecule has 2 aromatic heterocycles. The van der Waals surface area contributed by atoms with Crippen LogP contribution in [0.3, 0.4) is 0 Å². The SMILES string of the molecule is Cc1ccc(CN2CCO[C@@H]3[C@H](COCc4nccs4)CC[C@@H]32)o1. The molecule has 1 aliphatic heterocycles. The van der Waals surface area contributed by atoms with Crippen LogP contribution in [0, 0.1) is 12.8 Å². The summed E-state index contributed by atoms with van der Waals surface area (Å²) in [5.74, 6) is 2.52. The Morgan fingerprint density at radius 2 is 2.33 bits per heavy atom. The molecule has 130 valence electrons. The summed E-state index contributed by atoms with van der Waals surface area (Å²) in [6.07, 6.45) is 4.45. The summed E-state index contributed by atoms with van der Waals surface area (Å²) < 4.78 is 17.8. The molecule has 3 heterocycles. The van der Waals surface area contributed by atoms with Gasteiger partial charge in [0.05, 0.1) is 32.5 Å². The lowest BCUT2D eigenvalue weighted by atomic mass is 10.0. The number of thiazole rings is 1. The molecule has 24 heavy (non-hydrogen) atoms. The molecular formula is C18H24N2O3S. The molecule has 0 amide bonds. The van der Waals surface area contributed by atoms with Crippen LogP contribution in [0.4, 0.5) is 0 Å². The highest BCUT2D eigenvalue weighted by molar-refractivity contribution is 7.09. The minimum Gasteiger partial charge on any atom is -0.465 e. The number of hydrogen-bond acceptors (Lipinski definition) is 6. The fourth-order valence-corrected chi connectivity index (χ4v) is 4.46. The predicted molar refractivity (Wildman–Crippen MR) is 91.9 cm³/mol. The van der Waals surface area contributed by atoms with Crippen molar-refractivity contribution in [2.75, 3.05) is 19.8 Å². The summed E-state index contributed by atoms with van der Waals surface area (Å²) in [5.41, 5.74) is 0. The first kappa shape index (κ1) is 16.3. The maximum atomic E-state index is 6.11. The zero-order chi connectivity index (χ0) is 16.4. The van der Waals surface area contributed by atoms with Gasteiger partial charge in [-0.15, -0.1) is 11.3 Å². The van der Waals surface area contributed by atoms with E-state index in [0.29, 0.717) is 18.6 Å². The molecule has 4 rings (SSSR count). The Labute approximate surface area is 146 Å². The number of morpholine rings is 1. The topological polar surface area (TPSA) is 47.7 Å². The Morgan fingerprint density at radius 3 is 3.12 bits per heavy atom. The van der Waals surface area contributed by atoms with Crippen LogP contribution in [-0.2, 0) is 22.6 Å². The van der Waals surface area contributed by atoms with Gasteiger partial charge in [-0.1, -0.05) is 0 Å². The number of rotatable bonds is 6. The molecule has 0 bridgehead atoms. The third kappa shape index (κ3) is 3.57. The van der Waals surface area contributed by atoms with E-state index in [1.807, 2.05) is 24.6 Å². The molecule has 6 heteroatoms. The second kappa shape index (κ2) is 7.35. The second-order valence-electron chi connectivity index (χ2n) is 6.66. The van der Waals surface area contributed by atoms with Crippen LogP contribution < -0.4 is 0 Å². The average molecular weight is 348 g/mol. The van der Waals surface area contributed by atoms with E-state index in [2.05, 4.69) is 16.0 Å². The number of hydrogen-bond donors (Lipinski definition) is 0. The van der Waals surface area contributed by atoms with Gasteiger partial charge in [-0.25, -0.2) is 4.98 Å². The number of ether oxygens (including phenoxy) is 2. The van der Waals surface area contributed by atoms with Crippen LogP contribution in [0.25, 0.3) is 0 Å². The number of nitrogens with zero attached hydrogens (tertiary/aromatic N) is 2. The summed E-state index contributed by atoms with van der Waals surface area (Å²) in [6, 6.07) is 4.61. The molecule has 1 aliphatic carbocycles. The van der Waals surface area contributed by atoms with Gasteiger partial charge in [-0.3, -0.25) is 4.90 Å². The molecule has 0 aromatic carbocycles. The number of aryl methyl sites for hydroxylation is 1. The van der Waals surface area contributed by atoms with E-state index in [1.54, 1.807) is 11.3 Å². The molecule has 2 aliphatic rings. The fourth-order valence-electron chi connectivity index (χ4n) is 3.90. The van der Waals surface area contributed by atoms with Crippen molar-refractivity contribution in [3.8, 4) is 0 Å². The Bertz CT molecular complexity index is 642. The Balaban J connectivity index is 1.32. The van der Waals surface area contributed by atoms with Gasteiger partial charge in [-0.05, 0) is 31.9 Å². The van der Waals surface area contributed by atoms with Gasteiger partial charge < -0.3 is 13.9 Å². The molecule has 1 saturated carbocycles. The van der Waals surface area contributed by atoms with Gasteiger partial charge in [0.15, 0.2) is 0 Å². The molecule has 0 radical (unpaired) electrons. The van der Waals surface area contributed by atoms with E-state index >= 15 is 0 Å². The average Bonchev–Trinajstić information content (AvgIpc) is 3.30. The highest BCUT2D eigenvalue weighted by Crippen LogP contribution is 2.35. The highest BCUT2D eigenvalue weighted by atomic mass is 32.1. The van der Waals surface area contributed by atoms with Gasteiger partial charge in [0.25, 0.3) is 0 Å². The highest BCUT2D eigenvalue weighted by Gasteiger charge is 2.42. The molecular weight excluding hydrogens is 324 g/mol. The maximum Gasteiger partial charge on any atom is 0.118 e. The lowest BCUT2D eigenvalue weighted by Gasteiger charge is -2.38. The monoisotopic (exact) mass is 348 g/mol. The van der Waals surface area contributed by atoms with Crippen molar-refractivity contribution >= 4 is 11.3 Å². The molecule has 0 N–H and O–H groups in total. The van der Waals surface area contributed by atoms with Crippen LogP contribution in [0.2, 0.25) is 0 Å². The minimum atomic E-state index is 0.283. The van der Waals surface area contributed by atoms with E-state index in [0.717, 1.165) is 42.8 Å². The molecule has 2 aromatic rings. The Kier molecular flexibility index (Phi) is 4.98. The zero-order valence-corrected chi connectivity index (χ0v) is 14.8. The van der Waals surface area contributed by atoms with Crippen molar-refractivity contribution < 1.29 is 13.9 Å². The van der Waals surface area contributed by atoms with Crippen LogP contribution in [0.1, 0.15) is 29.4 Å². The quantitative estimate of drug-likeness (QED) is 0.802. The van der Waals surface area contributed by atoms with Gasteiger partial charge >= 0.3 is 0 Å². The largest absolute Gasteiger partial charge is 0.465 e. The van der Waals surface area contributed by atoms with Gasteiger partial charge in [0.1, 0.15) is 16.5 Å². The second-order valence-corrected chi connectivity index (χ2v) is 7.64. The molecule has 3 atom stereocenters. The van der Waals surface area contributed by atoms with E-state index in [1.165, 1.54) is 12.8 Å². The first-order chi connectivity index (χ1) is 11.8. The summed E-state index contributed by atoms with van der Waals surface area (Å²) in [4.78, 5) is 6.79. The summed E-state index contributed by atoms with van der Waals surface area (Å²) in [5, 5.41) is 3.03. The Morgan fingerprint density at radius 1 is 1.38 bits per heavy atom. The van der Waals surface area contributed by atoms with Gasteiger partial charge in [-0.2, -0.15) is 0 Å². The summed E-state index contributed by atoms with van der Waals surface area (Å²) in [6.45, 7) is 6.02. The van der Waals surface area contributed by atoms with E-state index in [9.17, 15) is 0 Å². The third-order valence-corrected chi connectivity index (χ3v) is 5.78. The normalized spacial score (nSPS) is 27.5. The van der Waals surface area contributed by atoms with Crippen molar-refractivity contribution in [1.29, 1.82) is 0 Å². The molecule has 0 unspecified atom stereocenters. The van der Waals surface area contributed by atoms with Gasteiger partial charge in [0, 0.05) is 30.1 Å². The molecule has 2 fully saturated rings. The fraction of sp³-hybridized carbons (Fsp3) is 0.611. The predicted octanol–water partition coefficient (Wildman–Crippen LogP) is 3.24. The summed E-state index contributed by atoms with van der Waals surface area (Å²) >= 11 is 1.65. The number of fused-ring (bicyclic) bond motifs is 1. The summed E-state index contributed by atoms with van der Waals surface area (Å²) in [7, 11) is 0. The lowest BCUT2D eigenvalue weighted by molar-refractivity contribution is -0.0904. The lowest BCUT2D eigenvalue weighted by Crippen LogP contribution is -2.50. The first-order valence-corrected chi connectivity index (χ1v) is 9.54. The van der Waals surface area contributed by atoms with Gasteiger partial charge in [0.2, 0.25) is 0 Å².